The average Bonchev–Trinajstić information content (AvgIpc) is 2.85. The lowest BCUT2D eigenvalue weighted by atomic mass is 9.87. The van der Waals surface area contributed by atoms with Gasteiger partial charge in [0.05, 0.1) is 6.10 Å². The second kappa shape index (κ2) is 16.8. The van der Waals surface area contributed by atoms with Crippen molar-refractivity contribution in [2.45, 2.75) is 84.0 Å². The van der Waals surface area contributed by atoms with E-state index < -0.39 is 36.1 Å². The number of aliphatic hydroxyl groups excluding tert-OH is 1. The van der Waals surface area contributed by atoms with Crippen molar-refractivity contribution in [2.24, 2.45) is 17.8 Å². The van der Waals surface area contributed by atoms with Gasteiger partial charge in [0.2, 0.25) is 11.8 Å². The number of hydrogen-bond acceptors (Lipinski definition) is 7. The zero-order valence-corrected chi connectivity index (χ0v) is 22.6. The highest BCUT2D eigenvalue weighted by atomic mass is 16.5. The van der Waals surface area contributed by atoms with Gasteiger partial charge >= 0.3 is 5.97 Å². The Labute approximate surface area is 220 Å². The number of hydrogen-bond donors (Lipinski definition) is 2. The Hall–Kier alpha value is -2.84. The number of ether oxygens (including phenoxy) is 2. The first-order chi connectivity index (χ1) is 17.5. The molecule has 1 aliphatic rings. The van der Waals surface area contributed by atoms with Crippen LogP contribution in [0.25, 0.3) is 0 Å². The number of imide groups is 1. The molecular formula is C29H43NO7. The summed E-state index contributed by atoms with van der Waals surface area (Å²) in [6.07, 6.45) is 9.65. The normalized spacial score (nSPS) is 19.0. The summed E-state index contributed by atoms with van der Waals surface area (Å²) >= 11 is 0. The molecule has 0 radical (unpaired) electrons. The second-order valence-corrected chi connectivity index (χ2v) is 9.71. The fourth-order valence-electron chi connectivity index (χ4n) is 4.48. The summed E-state index contributed by atoms with van der Waals surface area (Å²) in [4.78, 5) is 47.9. The van der Waals surface area contributed by atoms with Gasteiger partial charge in [0.1, 0.15) is 18.0 Å². The maximum absolute atomic E-state index is 12.8. The van der Waals surface area contributed by atoms with E-state index in [1.807, 2.05) is 12.2 Å². The van der Waals surface area contributed by atoms with Crippen molar-refractivity contribution in [1.82, 2.24) is 5.32 Å². The van der Waals surface area contributed by atoms with Crippen LogP contribution in [0.1, 0.15) is 65.7 Å². The molecule has 0 aromatic carbocycles. The van der Waals surface area contributed by atoms with Crippen molar-refractivity contribution in [1.29, 1.82) is 0 Å². The summed E-state index contributed by atoms with van der Waals surface area (Å²) in [5.41, 5.74) is 0.641. The van der Waals surface area contributed by atoms with Gasteiger partial charge in [-0.15, -0.1) is 6.58 Å². The fourth-order valence-corrected chi connectivity index (χ4v) is 4.48. The Bertz CT molecular complexity index is 859. The van der Waals surface area contributed by atoms with Gasteiger partial charge in [0.15, 0.2) is 0 Å². The summed E-state index contributed by atoms with van der Waals surface area (Å²) < 4.78 is 11.0. The number of rotatable bonds is 17. The number of carbonyl (C=O) groups excluding carboxylic acids is 4. The Morgan fingerprint density at radius 3 is 2.38 bits per heavy atom. The van der Waals surface area contributed by atoms with Gasteiger partial charge in [-0.25, -0.2) is 4.79 Å². The topological polar surface area (TPSA) is 119 Å². The Morgan fingerprint density at radius 1 is 1.16 bits per heavy atom. The summed E-state index contributed by atoms with van der Waals surface area (Å²) in [5, 5.41) is 13.3. The third-order valence-corrected chi connectivity index (χ3v) is 6.63. The zero-order valence-electron chi connectivity index (χ0n) is 22.6. The van der Waals surface area contributed by atoms with E-state index in [4.69, 9.17) is 9.47 Å². The van der Waals surface area contributed by atoms with Crippen LogP contribution in [0.5, 0.6) is 0 Å². The van der Waals surface area contributed by atoms with Crippen LogP contribution in [-0.4, -0.2) is 54.1 Å². The Balaban J connectivity index is 2.86. The summed E-state index contributed by atoms with van der Waals surface area (Å²) in [7, 11) is 1.50. The third kappa shape index (κ3) is 11.4. The molecule has 0 aromatic rings. The van der Waals surface area contributed by atoms with E-state index in [0.717, 1.165) is 18.9 Å². The molecule has 1 saturated heterocycles. The molecule has 2 amide bonds. The molecule has 0 unspecified atom stereocenters. The van der Waals surface area contributed by atoms with Crippen molar-refractivity contribution in [3.05, 3.63) is 49.1 Å². The lowest BCUT2D eigenvalue weighted by Gasteiger charge is -2.31. The van der Waals surface area contributed by atoms with E-state index in [1.54, 1.807) is 32.9 Å². The molecular weight excluding hydrogens is 474 g/mol. The predicted octanol–water partition coefficient (Wildman–Crippen LogP) is 3.99. The van der Waals surface area contributed by atoms with Gasteiger partial charge in [0, 0.05) is 44.3 Å². The van der Waals surface area contributed by atoms with Gasteiger partial charge in [-0.3, -0.25) is 19.7 Å². The number of carbonyl (C=O) groups is 4. The largest absolute Gasteiger partial charge is 0.454 e. The number of amides is 2. The van der Waals surface area contributed by atoms with E-state index in [-0.39, 0.29) is 23.5 Å². The first-order valence-electron chi connectivity index (χ1n) is 12.9. The zero-order chi connectivity index (χ0) is 28.0. The van der Waals surface area contributed by atoms with Gasteiger partial charge in [0.25, 0.3) is 0 Å². The highest BCUT2D eigenvalue weighted by molar-refractivity contribution is 5.97. The number of Topliss-reactive ketones (excluding diaryl/α,β-unsaturated/α-hetero) is 1. The van der Waals surface area contributed by atoms with Crippen LogP contribution in [-0.2, 0) is 28.7 Å². The van der Waals surface area contributed by atoms with Crippen LogP contribution in [0, 0.1) is 17.8 Å². The van der Waals surface area contributed by atoms with E-state index in [0.29, 0.717) is 37.7 Å². The van der Waals surface area contributed by atoms with Crippen molar-refractivity contribution in [3.8, 4) is 0 Å². The number of esters is 1. The molecule has 8 heteroatoms. The number of allylic oxidation sites excluding steroid dienone is 3. The molecule has 0 saturated carbocycles. The molecule has 1 aliphatic heterocycles. The molecule has 5 atom stereocenters. The van der Waals surface area contributed by atoms with Gasteiger partial charge in [-0.2, -0.15) is 0 Å². The van der Waals surface area contributed by atoms with E-state index in [9.17, 15) is 24.3 Å². The minimum absolute atomic E-state index is 0.00727. The van der Waals surface area contributed by atoms with E-state index in [2.05, 4.69) is 18.5 Å². The van der Waals surface area contributed by atoms with E-state index in [1.165, 1.54) is 7.11 Å². The lowest BCUT2D eigenvalue weighted by Crippen LogP contribution is -2.41. The average molecular weight is 518 g/mol. The minimum atomic E-state index is -0.975. The number of nitrogens with one attached hydrogen (secondary N) is 1. The van der Waals surface area contributed by atoms with Gasteiger partial charge < -0.3 is 14.6 Å². The molecule has 1 heterocycles. The van der Waals surface area contributed by atoms with Crippen LogP contribution >= 0.6 is 0 Å². The third-order valence-electron chi connectivity index (χ3n) is 6.63. The lowest BCUT2D eigenvalue weighted by molar-refractivity contribution is -0.147. The Kier molecular flexibility index (Phi) is 14.6. The first-order valence-corrected chi connectivity index (χ1v) is 12.9. The molecule has 206 valence electrons. The molecule has 37 heavy (non-hydrogen) atoms. The molecule has 0 aliphatic carbocycles. The molecule has 1 fully saturated rings. The van der Waals surface area contributed by atoms with Crippen LogP contribution < -0.4 is 5.32 Å². The number of unbranched alkanes of at least 4 members (excludes halogenated alkanes) is 1. The standard InChI is InChI=1S/C29H43NO7/c1-7-9-10-11-15-24(36-6)28(35)21(5)29(37-27(34)8-2)20(4)16-19(3)23(31)14-12-13-22-17-25(32)30-26(33)18-22/h7-8,11,15-16,19,21-22,24,28-29,35H,1-2,9-10,12-14,17-18H2,3-6H3,(H,30,32,33)/t19-,21-,24-,28-,29-/m0/s1. The van der Waals surface area contributed by atoms with Crippen molar-refractivity contribution in [2.75, 3.05) is 7.11 Å². The minimum Gasteiger partial charge on any atom is -0.454 e. The van der Waals surface area contributed by atoms with Crippen molar-refractivity contribution in [3.63, 3.8) is 0 Å². The fraction of sp³-hybridized carbons (Fsp3) is 0.586. The number of piperidine rings is 1. The van der Waals surface area contributed by atoms with Crippen molar-refractivity contribution < 1.29 is 33.8 Å². The van der Waals surface area contributed by atoms with Crippen molar-refractivity contribution >= 4 is 23.6 Å². The quantitative estimate of drug-likeness (QED) is 0.0984. The van der Waals surface area contributed by atoms with Crippen LogP contribution in [0.3, 0.4) is 0 Å². The Morgan fingerprint density at radius 2 is 1.81 bits per heavy atom. The SMILES string of the molecule is C=CCCC=C[C@H](OC)[C@@H](O)[C@H](C)[C@@H](OC(=O)C=C)C(C)=C[C@H](C)C(=O)CCCC1CC(=O)NC(=O)C1. The van der Waals surface area contributed by atoms with Crippen LogP contribution in [0.2, 0.25) is 0 Å². The molecule has 0 aromatic heterocycles. The molecule has 8 nitrogen and oxygen atoms in total. The van der Waals surface area contributed by atoms with Gasteiger partial charge in [-0.05, 0) is 44.1 Å². The maximum atomic E-state index is 12.8. The number of ketones is 1. The highest BCUT2D eigenvalue weighted by Crippen LogP contribution is 2.26. The first kappa shape index (κ1) is 32.2. The van der Waals surface area contributed by atoms with Gasteiger partial charge in [-0.1, -0.05) is 44.7 Å². The number of aliphatic hydroxyl groups is 1. The summed E-state index contributed by atoms with van der Waals surface area (Å²) in [6, 6.07) is 0. The summed E-state index contributed by atoms with van der Waals surface area (Å²) in [5.74, 6) is -2.16. The number of methoxy groups -OCH3 is 1. The molecule has 0 bridgehead atoms. The molecule has 0 spiro atoms. The summed E-state index contributed by atoms with van der Waals surface area (Å²) in [6.45, 7) is 12.5. The monoisotopic (exact) mass is 517 g/mol. The molecule has 2 N–H and O–H groups in total. The molecule has 1 rings (SSSR count). The highest BCUT2D eigenvalue weighted by Gasteiger charge is 2.33. The smallest absolute Gasteiger partial charge is 0.330 e. The maximum Gasteiger partial charge on any atom is 0.330 e. The predicted molar refractivity (Wildman–Crippen MR) is 142 cm³/mol. The second-order valence-electron chi connectivity index (χ2n) is 9.71. The van der Waals surface area contributed by atoms with Crippen LogP contribution in [0.4, 0.5) is 0 Å². The van der Waals surface area contributed by atoms with E-state index >= 15 is 0 Å². The van der Waals surface area contributed by atoms with Crippen LogP contribution in [0.15, 0.2) is 49.1 Å².